The summed E-state index contributed by atoms with van der Waals surface area (Å²) in [5.41, 5.74) is 1.32. The maximum Gasteiger partial charge on any atom is 0.453 e. The van der Waals surface area contributed by atoms with Gasteiger partial charge in [0.15, 0.2) is 5.78 Å². The summed E-state index contributed by atoms with van der Waals surface area (Å²) in [5, 5.41) is 2.65. The molecule has 0 heterocycles. The summed E-state index contributed by atoms with van der Waals surface area (Å²) in [7, 11) is -1.69. The van der Waals surface area contributed by atoms with Gasteiger partial charge in [0.1, 0.15) is 18.1 Å². The van der Waals surface area contributed by atoms with Gasteiger partial charge in [-0.1, -0.05) is 44.2 Å². The van der Waals surface area contributed by atoms with Crippen LogP contribution in [0.1, 0.15) is 46.5 Å². The first-order valence-electron chi connectivity index (χ1n) is 12.5. The van der Waals surface area contributed by atoms with Crippen molar-refractivity contribution in [3.8, 4) is 11.5 Å². The molecule has 1 amide bonds. The number of nitrogens with one attached hydrogen (secondary N) is 1. The molecule has 0 radical (unpaired) electrons. The molecule has 1 N–H and O–H groups in total. The second-order valence-electron chi connectivity index (χ2n) is 9.11. The van der Waals surface area contributed by atoms with Crippen LogP contribution >= 0.6 is 7.60 Å². The van der Waals surface area contributed by atoms with Crippen LogP contribution in [-0.2, 0) is 25.4 Å². The first kappa shape index (κ1) is 30.2. The van der Waals surface area contributed by atoms with E-state index in [9.17, 15) is 18.9 Å². The molecule has 212 valence electrons. The van der Waals surface area contributed by atoms with Crippen molar-refractivity contribution in [3.63, 3.8) is 0 Å². The zero-order chi connectivity index (χ0) is 29.1. The van der Waals surface area contributed by atoms with Gasteiger partial charge in [-0.05, 0) is 66.4 Å². The lowest BCUT2D eigenvalue weighted by molar-refractivity contribution is 0.0592. The number of rotatable bonds is 12. The molecular weight excluding hydrogens is 537 g/mol. The Morgan fingerprint density at radius 2 is 1.23 bits per heavy atom. The van der Waals surface area contributed by atoms with Crippen molar-refractivity contribution in [3.05, 3.63) is 95.6 Å². The summed E-state index contributed by atoms with van der Waals surface area (Å²) in [6.07, 6.45) is -0.581. The first-order valence-corrected chi connectivity index (χ1v) is 14.1. The Morgan fingerprint density at radius 1 is 0.750 bits per heavy atom. The Kier molecular flexibility index (Phi) is 10.7. The van der Waals surface area contributed by atoms with Crippen molar-refractivity contribution in [1.29, 1.82) is 0 Å². The van der Waals surface area contributed by atoms with Crippen LogP contribution in [0.2, 0.25) is 0 Å². The molecule has 0 saturated carbocycles. The average Bonchev–Trinajstić information content (AvgIpc) is 2.96. The molecule has 0 spiro atoms. The maximum absolute atomic E-state index is 14.4. The van der Waals surface area contributed by atoms with E-state index in [0.29, 0.717) is 0 Å². The van der Waals surface area contributed by atoms with Crippen LogP contribution in [0.5, 0.6) is 11.5 Å². The number of alkyl carbamates (subject to hydrolysis) is 1. The largest absolute Gasteiger partial charge is 0.465 e. The minimum atomic E-state index is -4.21. The Bertz CT molecular complexity index is 1260. The minimum Gasteiger partial charge on any atom is -0.465 e. The fourth-order valence-electron chi connectivity index (χ4n) is 3.59. The molecule has 3 rings (SSSR count). The predicted octanol–water partition coefficient (Wildman–Crippen LogP) is 6.21. The van der Waals surface area contributed by atoms with Crippen molar-refractivity contribution in [2.24, 2.45) is 5.92 Å². The molecule has 0 saturated heterocycles. The molecule has 1 atom stereocenters. The summed E-state index contributed by atoms with van der Waals surface area (Å²) in [5.74, 6) is -1.96. The average molecular weight is 570 g/mol. The summed E-state index contributed by atoms with van der Waals surface area (Å²) in [6, 6.07) is 20.7. The van der Waals surface area contributed by atoms with Gasteiger partial charge in [0.25, 0.3) is 0 Å². The highest BCUT2D eigenvalue weighted by Gasteiger charge is 2.41. The van der Waals surface area contributed by atoms with Gasteiger partial charge in [-0.15, -0.1) is 0 Å². The van der Waals surface area contributed by atoms with Crippen LogP contribution in [0, 0.1) is 5.92 Å². The normalized spacial score (nSPS) is 11.7. The Labute approximate surface area is 233 Å². The number of hydrogen-bond donors (Lipinski definition) is 1. The third-order valence-corrected chi connectivity index (χ3v) is 7.62. The van der Waals surface area contributed by atoms with Crippen LogP contribution < -0.4 is 14.4 Å². The Hall–Kier alpha value is -4.30. The van der Waals surface area contributed by atoms with Crippen molar-refractivity contribution < 1.29 is 42.2 Å². The fourth-order valence-corrected chi connectivity index (χ4v) is 5.66. The second-order valence-corrected chi connectivity index (χ2v) is 11.2. The number of methoxy groups -OCH3 is 2. The number of hydrogen-bond acceptors (Lipinski definition) is 9. The van der Waals surface area contributed by atoms with E-state index in [1.807, 2.05) is 44.2 Å². The zero-order valence-electron chi connectivity index (χ0n) is 22.7. The minimum absolute atomic E-state index is 0.0110. The number of ether oxygens (including phenoxy) is 3. The van der Waals surface area contributed by atoms with Crippen molar-refractivity contribution in [1.82, 2.24) is 5.32 Å². The monoisotopic (exact) mass is 569 g/mol. The first-order chi connectivity index (χ1) is 19.1. The SMILES string of the molecule is COC(=O)c1ccc(OP(=O)(Oc2ccc(C(=O)OC)cc2)C(CC(C)C)NC(=O)OCc2ccccc2)cc1. The standard InChI is InChI=1S/C29H32NO9P/c1-20(2)18-26(30-29(33)37-19-21-8-6-5-7-9-21)40(34,38-24-14-10-22(11-15-24)27(31)35-3)39-25-16-12-23(13-17-25)28(32)36-4/h5-17,20,26H,18-19H2,1-4H3,(H,30,33). The van der Waals surface area contributed by atoms with Crippen LogP contribution in [0.25, 0.3) is 0 Å². The van der Waals surface area contributed by atoms with Gasteiger partial charge in [0.2, 0.25) is 0 Å². The summed E-state index contributed by atoms with van der Waals surface area (Å²) >= 11 is 0. The van der Waals surface area contributed by atoms with Gasteiger partial charge in [-0.3, -0.25) is 0 Å². The van der Waals surface area contributed by atoms with Crippen molar-refractivity contribution in [2.45, 2.75) is 32.7 Å². The Morgan fingerprint density at radius 3 is 1.65 bits per heavy atom. The topological polar surface area (TPSA) is 126 Å². The summed E-state index contributed by atoms with van der Waals surface area (Å²) < 4.78 is 41.1. The molecule has 11 heteroatoms. The number of amides is 1. The third kappa shape index (κ3) is 8.61. The molecule has 0 aliphatic rings. The maximum atomic E-state index is 14.4. The lowest BCUT2D eigenvalue weighted by Crippen LogP contribution is -2.38. The van der Waals surface area contributed by atoms with E-state index in [1.54, 1.807) is 0 Å². The van der Waals surface area contributed by atoms with Gasteiger partial charge in [-0.2, -0.15) is 0 Å². The van der Waals surface area contributed by atoms with E-state index in [1.165, 1.54) is 62.8 Å². The highest BCUT2D eigenvalue weighted by Crippen LogP contribution is 2.53. The molecule has 0 aromatic heterocycles. The van der Waals surface area contributed by atoms with Crippen molar-refractivity contribution >= 4 is 25.6 Å². The molecule has 0 aliphatic carbocycles. The molecule has 0 fully saturated rings. The predicted molar refractivity (Wildman–Crippen MR) is 147 cm³/mol. The van der Waals surface area contributed by atoms with E-state index in [-0.39, 0.29) is 41.6 Å². The molecule has 3 aromatic carbocycles. The molecule has 1 unspecified atom stereocenters. The third-order valence-electron chi connectivity index (χ3n) is 5.59. The lowest BCUT2D eigenvalue weighted by atomic mass is 10.1. The van der Waals surface area contributed by atoms with Gasteiger partial charge in [0, 0.05) is 0 Å². The number of carbonyl (C=O) groups excluding carboxylic acids is 3. The fraction of sp³-hybridized carbons (Fsp3) is 0.276. The van der Waals surface area contributed by atoms with E-state index < -0.39 is 31.4 Å². The molecular formula is C29H32NO9P. The van der Waals surface area contributed by atoms with Gasteiger partial charge < -0.3 is 28.6 Å². The van der Waals surface area contributed by atoms with Crippen LogP contribution in [-0.4, -0.2) is 38.0 Å². The second kappa shape index (κ2) is 14.2. The van der Waals surface area contributed by atoms with Crippen LogP contribution in [0.3, 0.4) is 0 Å². The highest BCUT2D eigenvalue weighted by atomic mass is 31.2. The number of carbonyl (C=O) groups is 3. The van der Waals surface area contributed by atoms with E-state index in [4.69, 9.17) is 23.3 Å². The van der Waals surface area contributed by atoms with E-state index in [2.05, 4.69) is 5.32 Å². The van der Waals surface area contributed by atoms with Crippen LogP contribution in [0.15, 0.2) is 78.9 Å². The molecule has 3 aromatic rings. The molecule has 0 bridgehead atoms. The smallest absolute Gasteiger partial charge is 0.453 e. The van der Waals surface area contributed by atoms with Crippen molar-refractivity contribution in [2.75, 3.05) is 14.2 Å². The number of benzene rings is 3. The molecule has 0 aliphatic heterocycles. The Balaban J connectivity index is 1.90. The van der Waals surface area contributed by atoms with Crippen LogP contribution in [0.4, 0.5) is 4.79 Å². The lowest BCUT2D eigenvalue weighted by Gasteiger charge is -2.29. The zero-order valence-corrected chi connectivity index (χ0v) is 23.6. The summed E-state index contributed by atoms with van der Waals surface area (Å²) in [6.45, 7) is 3.80. The number of esters is 2. The van der Waals surface area contributed by atoms with Gasteiger partial charge in [-0.25, -0.2) is 18.9 Å². The van der Waals surface area contributed by atoms with E-state index in [0.717, 1.165) is 5.56 Å². The van der Waals surface area contributed by atoms with E-state index >= 15 is 0 Å². The summed E-state index contributed by atoms with van der Waals surface area (Å²) in [4.78, 5) is 36.4. The quantitative estimate of drug-likeness (QED) is 0.154. The molecule has 40 heavy (non-hydrogen) atoms. The highest BCUT2D eigenvalue weighted by molar-refractivity contribution is 7.55. The van der Waals surface area contributed by atoms with Gasteiger partial charge in [0.05, 0.1) is 25.3 Å². The van der Waals surface area contributed by atoms with Gasteiger partial charge >= 0.3 is 25.6 Å². The molecule has 10 nitrogen and oxygen atoms in total.